The quantitative estimate of drug-likeness (QED) is 0.803. The van der Waals surface area contributed by atoms with E-state index in [0.29, 0.717) is 11.3 Å². The maximum Gasteiger partial charge on any atom is 0.253 e. The molecular formula is C14H20N2O2. The van der Waals surface area contributed by atoms with Crippen LogP contribution in [0.3, 0.4) is 0 Å². The van der Waals surface area contributed by atoms with E-state index < -0.39 is 0 Å². The third-order valence-corrected chi connectivity index (χ3v) is 3.33. The van der Waals surface area contributed by atoms with Gasteiger partial charge in [0.25, 0.3) is 5.91 Å². The fraction of sp³-hybridized carbons (Fsp3) is 0.500. The lowest BCUT2D eigenvalue weighted by Crippen LogP contribution is -2.41. The van der Waals surface area contributed by atoms with Gasteiger partial charge in [-0.1, -0.05) is 11.6 Å². The Morgan fingerprint density at radius 2 is 2.33 bits per heavy atom. The molecule has 2 rings (SSSR count). The molecule has 1 aromatic rings. The molecule has 0 saturated carbocycles. The second kappa shape index (κ2) is 5.40. The standard InChI is InChI=1S/C14H20N2O2/c1-9-5-6-12(15)11(8-9)14(17)16-10(2)13-4-3-7-18-13/h5-6,8,10,13H,3-4,7,15H2,1-2H3,(H,16,17). The van der Waals surface area contributed by atoms with Gasteiger partial charge in [-0.25, -0.2) is 0 Å². The van der Waals surface area contributed by atoms with Gasteiger partial charge in [-0.05, 0) is 38.8 Å². The van der Waals surface area contributed by atoms with Crippen molar-refractivity contribution in [3.8, 4) is 0 Å². The Hall–Kier alpha value is -1.55. The van der Waals surface area contributed by atoms with E-state index in [1.807, 2.05) is 26.0 Å². The first kappa shape index (κ1) is 12.9. The van der Waals surface area contributed by atoms with Crippen LogP contribution in [0.2, 0.25) is 0 Å². The number of benzene rings is 1. The lowest BCUT2D eigenvalue weighted by molar-refractivity contribution is 0.0713. The molecule has 0 aliphatic carbocycles. The number of carbonyl (C=O) groups excluding carboxylic acids is 1. The molecule has 1 aliphatic rings. The minimum Gasteiger partial charge on any atom is -0.398 e. The molecule has 4 nitrogen and oxygen atoms in total. The minimum absolute atomic E-state index is 0.0138. The van der Waals surface area contributed by atoms with Gasteiger partial charge >= 0.3 is 0 Å². The summed E-state index contributed by atoms with van der Waals surface area (Å²) in [6.07, 6.45) is 2.20. The van der Waals surface area contributed by atoms with Gasteiger partial charge in [0, 0.05) is 12.3 Å². The Morgan fingerprint density at radius 1 is 1.56 bits per heavy atom. The Labute approximate surface area is 108 Å². The van der Waals surface area contributed by atoms with Crippen LogP contribution in [0.5, 0.6) is 0 Å². The Morgan fingerprint density at radius 3 is 3.00 bits per heavy atom. The van der Waals surface area contributed by atoms with E-state index in [-0.39, 0.29) is 18.1 Å². The number of aryl methyl sites for hydroxylation is 1. The molecule has 0 bridgehead atoms. The van der Waals surface area contributed by atoms with Crippen molar-refractivity contribution in [2.45, 2.75) is 38.8 Å². The van der Waals surface area contributed by atoms with Crippen molar-refractivity contribution in [3.63, 3.8) is 0 Å². The fourth-order valence-electron chi connectivity index (χ4n) is 2.24. The molecule has 1 saturated heterocycles. The lowest BCUT2D eigenvalue weighted by atomic mass is 10.1. The molecule has 0 spiro atoms. The van der Waals surface area contributed by atoms with Gasteiger partial charge in [-0.15, -0.1) is 0 Å². The van der Waals surface area contributed by atoms with E-state index in [0.717, 1.165) is 25.0 Å². The molecule has 1 amide bonds. The van der Waals surface area contributed by atoms with Crippen molar-refractivity contribution in [1.82, 2.24) is 5.32 Å². The van der Waals surface area contributed by atoms with Crippen molar-refractivity contribution in [2.24, 2.45) is 0 Å². The average molecular weight is 248 g/mol. The molecule has 98 valence electrons. The molecule has 1 aliphatic heterocycles. The van der Waals surface area contributed by atoms with Crippen LogP contribution in [0.25, 0.3) is 0 Å². The highest BCUT2D eigenvalue weighted by Crippen LogP contribution is 2.17. The Balaban J connectivity index is 2.04. The smallest absolute Gasteiger partial charge is 0.253 e. The number of carbonyl (C=O) groups is 1. The molecule has 1 heterocycles. The summed E-state index contributed by atoms with van der Waals surface area (Å²) in [7, 11) is 0. The molecule has 3 N–H and O–H groups in total. The van der Waals surface area contributed by atoms with Gasteiger partial charge in [0.05, 0.1) is 17.7 Å². The van der Waals surface area contributed by atoms with Crippen LogP contribution in [0.1, 0.15) is 35.7 Å². The topological polar surface area (TPSA) is 64.4 Å². The third-order valence-electron chi connectivity index (χ3n) is 3.33. The molecule has 2 atom stereocenters. The summed E-state index contributed by atoms with van der Waals surface area (Å²) in [6, 6.07) is 5.49. The normalized spacial score (nSPS) is 20.7. The van der Waals surface area contributed by atoms with Gasteiger partial charge < -0.3 is 15.8 Å². The minimum atomic E-state index is -0.126. The number of ether oxygens (including phenoxy) is 1. The molecule has 18 heavy (non-hydrogen) atoms. The third kappa shape index (κ3) is 2.82. The van der Waals surface area contributed by atoms with Crippen molar-refractivity contribution >= 4 is 11.6 Å². The van der Waals surface area contributed by atoms with E-state index in [1.54, 1.807) is 6.07 Å². The molecule has 4 heteroatoms. The zero-order valence-corrected chi connectivity index (χ0v) is 10.9. The van der Waals surface area contributed by atoms with Crippen LogP contribution < -0.4 is 11.1 Å². The molecule has 0 aromatic heterocycles. The van der Waals surface area contributed by atoms with Gasteiger partial charge in [0.1, 0.15) is 0 Å². The highest BCUT2D eigenvalue weighted by molar-refractivity contribution is 5.99. The number of amides is 1. The van der Waals surface area contributed by atoms with Gasteiger partial charge in [-0.3, -0.25) is 4.79 Å². The largest absolute Gasteiger partial charge is 0.398 e. The SMILES string of the molecule is Cc1ccc(N)c(C(=O)NC(C)C2CCCO2)c1. The van der Waals surface area contributed by atoms with E-state index >= 15 is 0 Å². The van der Waals surface area contributed by atoms with Crippen molar-refractivity contribution in [1.29, 1.82) is 0 Å². The summed E-state index contributed by atoms with van der Waals surface area (Å²) in [5, 5.41) is 2.96. The zero-order valence-electron chi connectivity index (χ0n) is 10.9. The molecule has 1 aromatic carbocycles. The van der Waals surface area contributed by atoms with Crippen molar-refractivity contribution < 1.29 is 9.53 Å². The summed E-state index contributed by atoms with van der Waals surface area (Å²) in [4.78, 5) is 12.1. The van der Waals surface area contributed by atoms with E-state index in [9.17, 15) is 4.79 Å². The number of rotatable bonds is 3. The molecular weight excluding hydrogens is 228 g/mol. The monoisotopic (exact) mass is 248 g/mol. The van der Waals surface area contributed by atoms with Crippen LogP contribution in [0.15, 0.2) is 18.2 Å². The first-order chi connectivity index (χ1) is 8.58. The van der Waals surface area contributed by atoms with Crippen LogP contribution in [0, 0.1) is 6.92 Å². The van der Waals surface area contributed by atoms with Gasteiger partial charge in [-0.2, -0.15) is 0 Å². The maximum absolute atomic E-state index is 12.1. The van der Waals surface area contributed by atoms with Crippen LogP contribution in [0.4, 0.5) is 5.69 Å². The number of anilines is 1. The Bertz CT molecular complexity index is 439. The highest BCUT2D eigenvalue weighted by Gasteiger charge is 2.24. The predicted octanol–water partition coefficient (Wildman–Crippen LogP) is 1.87. The first-order valence-corrected chi connectivity index (χ1v) is 6.36. The summed E-state index contributed by atoms with van der Waals surface area (Å²) >= 11 is 0. The van der Waals surface area contributed by atoms with Crippen LogP contribution in [-0.4, -0.2) is 24.7 Å². The summed E-state index contributed by atoms with van der Waals surface area (Å²) in [5.41, 5.74) is 7.91. The van der Waals surface area contributed by atoms with E-state index in [4.69, 9.17) is 10.5 Å². The molecule has 2 unspecified atom stereocenters. The van der Waals surface area contributed by atoms with Crippen LogP contribution in [-0.2, 0) is 4.74 Å². The second-order valence-corrected chi connectivity index (χ2v) is 4.90. The van der Waals surface area contributed by atoms with Crippen molar-refractivity contribution in [3.05, 3.63) is 29.3 Å². The van der Waals surface area contributed by atoms with Crippen molar-refractivity contribution in [2.75, 3.05) is 12.3 Å². The second-order valence-electron chi connectivity index (χ2n) is 4.90. The first-order valence-electron chi connectivity index (χ1n) is 6.36. The van der Waals surface area contributed by atoms with Gasteiger partial charge in [0.2, 0.25) is 0 Å². The number of nitrogens with one attached hydrogen (secondary N) is 1. The summed E-state index contributed by atoms with van der Waals surface area (Å²) < 4.78 is 5.56. The summed E-state index contributed by atoms with van der Waals surface area (Å²) in [5.74, 6) is -0.126. The number of hydrogen-bond acceptors (Lipinski definition) is 3. The lowest BCUT2D eigenvalue weighted by Gasteiger charge is -2.20. The molecule has 1 fully saturated rings. The Kier molecular flexibility index (Phi) is 3.87. The number of hydrogen-bond donors (Lipinski definition) is 2. The van der Waals surface area contributed by atoms with Gasteiger partial charge in [0.15, 0.2) is 0 Å². The van der Waals surface area contributed by atoms with Crippen LogP contribution >= 0.6 is 0 Å². The average Bonchev–Trinajstić information content (AvgIpc) is 2.85. The number of nitrogen functional groups attached to an aromatic ring is 1. The van der Waals surface area contributed by atoms with E-state index in [1.165, 1.54) is 0 Å². The predicted molar refractivity (Wildman–Crippen MR) is 71.5 cm³/mol. The summed E-state index contributed by atoms with van der Waals surface area (Å²) in [6.45, 7) is 4.71. The highest BCUT2D eigenvalue weighted by atomic mass is 16.5. The fourth-order valence-corrected chi connectivity index (χ4v) is 2.24. The molecule has 0 radical (unpaired) electrons. The zero-order chi connectivity index (χ0) is 13.1. The number of nitrogens with two attached hydrogens (primary N) is 1. The van der Waals surface area contributed by atoms with E-state index in [2.05, 4.69) is 5.32 Å². The maximum atomic E-state index is 12.1.